The number of amides is 1. The molecule has 0 bridgehead atoms. The fourth-order valence-corrected chi connectivity index (χ4v) is 3.60. The van der Waals surface area contributed by atoms with Gasteiger partial charge in [-0.2, -0.15) is 0 Å². The van der Waals surface area contributed by atoms with Gasteiger partial charge in [0, 0.05) is 4.90 Å². The molecule has 3 rings (SSSR count). The lowest BCUT2D eigenvalue weighted by molar-refractivity contribution is 0.0369. The van der Waals surface area contributed by atoms with E-state index in [1.54, 1.807) is 11.8 Å². The van der Waals surface area contributed by atoms with Crippen LogP contribution in [0, 0.1) is 0 Å². The summed E-state index contributed by atoms with van der Waals surface area (Å²) in [6.45, 7) is 0.242. The Hall–Kier alpha value is -1.78. The molecule has 1 unspecified atom stereocenters. The zero-order chi connectivity index (χ0) is 15.6. The van der Waals surface area contributed by atoms with Crippen molar-refractivity contribution in [2.24, 2.45) is 0 Å². The minimum Gasteiger partial charge on any atom is -0.383 e. The number of rotatable bonds is 4. The predicted molar refractivity (Wildman–Crippen MR) is 89.2 cm³/mol. The molecule has 22 heavy (non-hydrogen) atoms. The van der Waals surface area contributed by atoms with Gasteiger partial charge in [-0.25, -0.2) is 0 Å². The van der Waals surface area contributed by atoms with E-state index in [9.17, 15) is 9.90 Å². The number of hydrogen-bond acceptors (Lipinski definition) is 3. The molecule has 0 radical (unpaired) electrons. The number of carbonyl (C=O) groups is 1. The highest BCUT2D eigenvalue weighted by Crippen LogP contribution is 2.36. The maximum absolute atomic E-state index is 12.4. The molecule has 0 saturated heterocycles. The van der Waals surface area contributed by atoms with Crippen molar-refractivity contribution in [2.75, 3.05) is 12.8 Å². The second-order valence-electron chi connectivity index (χ2n) is 5.57. The van der Waals surface area contributed by atoms with Crippen LogP contribution >= 0.6 is 11.8 Å². The zero-order valence-corrected chi connectivity index (χ0v) is 13.3. The lowest BCUT2D eigenvalue weighted by Crippen LogP contribution is -2.39. The quantitative estimate of drug-likeness (QED) is 0.853. The number of carbonyl (C=O) groups excluding carboxylic acids is 1. The van der Waals surface area contributed by atoms with Crippen LogP contribution in [0.25, 0.3) is 0 Å². The Labute approximate surface area is 134 Å². The molecule has 1 aliphatic carbocycles. The SMILES string of the molecule is CSc1ccccc1C(=O)NCC1(O)CCc2ccccc21. The largest absolute Gasteiger partial charge is 0.383 e. The van der Waals surface area contributed by atoms with Crippen LogP contribution in [-0.4, -0.2) is 23.8 Å². The van der Waals surface area contributed by atoms with Gasteiger partial charge in [-0.15, -0.1) is 11.8 Å². The average molecular weight is 313 g/mol. The molecule has 0 saturated carbocycles. The third-order valence-corrected chi connectivity index (χ3v) is 5.02. The number of hydrogen-bond donors (Lipinski definition) is 2. The number of fused-ring (bicyclic) bond motifs is 1. The molecule has 1 atom stereocenters. The maximum atomic E-state index is 12.4. The molecule has 114 valence electrons. The smallest absolute Gasteiger partial charge is 0.252 e. The summed E-state index contributed by atoms with van der Waals surface area (Å²) < 4.78 is 0. The van der Waals surface area contributed by atoms with E-state index in [0.29, 0.717) is 12.0 Å². The Morgan fingerprint density at radius 3 is 2.77 bits per heavy atom. The number of thioether (sulfide) groups is 1. The van der Waals surface area contributed by atoms with Gasteiger partial charge in [0.1, 0.15) is 5.60 Å². The van der Waals surface area contributed by atoms with Gasteiger partial charge >= 0.3 is 0 Å². The van der Waals surface area contributed by atoms with Gasteiger partial charge in [-0.1, -0.05) is 36.4 Å². The highest BCUT2D eigenvalue weighted by atomic mass is 32.2. The van der Waals surface area contributed by atoms with Crippen molar-refractivity contribution in [1.29, 1.82) is 0 Å². The van der Waals surface area contributed by atoms with Crippen molar-refractivity contribution in [3.63, 3.8) is 0 Å². The van der Waals surface area contributed by atoms with E-state index >= 15 is 0 Å². The van der Waals surface area contributed by atoms with Crippen LogP contribution < -0.4 is 5.32 Å². The van der Waals surface area contributed by atoms with E-state index < -0.39 is 5.60 Å². The topological polar surface area (TPSA) is 49.3 Å². The summed E-state index contributed by atoms with van der Waals surface area (Å²) in [6.07, 6.45) is 3.45. The standard InChI is InChI=1S/C18H19NO2S/c1-22-16-9-5-3-7-14(16)17(20)19-12-18(21)11-10-13-6-2-4-8-15(13)18/h2-9,21H,10-12H2,1H3,(H,19,20). The highest BCUT2D eigenvalue weighted by molar-refractivity contribution is 7.98. The molecule has 0 aromatic heterocycles. The molecule has 2 N–H and O–H groups in total. The molecule has 4 heteroatoms. The average Bonchev–Trinajstić information content (AvgIpc) is 2.91. The first-order chi connectivity index (χ1) is 10.6. The minimum atomic E-state index is -0.958. The Bertz CT molecular complexity index is 701. The van der Waals surface area contributed by atoms with Gasteiger partial charge < -0.3 is 10.4 Å². The number of aryl methyl sites for hydroxylation is 1. The molecule has 0 aliphatic heterocycles. The summed E-state index contributed by atoms with van der Waals surface area (Å²) in [7, 11) is 0. The van der Waals surface area contributed by atoms with Crippen molar-refractivity contribution in [2.45, 2.75) is 23.3 Å². The Morgan fingerprint density at radius 1 is 1.23 bits per heavy atom. The van der Waals surface area contributed by atoms with Gasteiger partial charge in [0.25, 0.3) is 5.91 Å². The lowest BCUT2D eigenvalue weighted by Gasteiger charge is -2.24. The van der Waals surface area contributed by atoms with Crippen molar-refractivity contribution >= 4 is 17.7 Å². The summed E-state index contributed by atoms with van der Waals surface area (Å²) in [5.74, 6) is -0.136. The Balaban J connectivity index is 1.74. The van der Waals surface area contributed by atoms with Crippen LogP contribution in [0.1, 0.15) is 27.9 Å². The van der Waals surface area contributed by atoms with Crippen molar-refractivity contribution in [3.8, 4) is 0 Å². The van der Waals surface area contributed by atoms with Crippen LogP contribution in [0.5, 0.6) is 0 Å². The molecular weight excluding hydrogens is 294 g/mol. The molecule has 1 amide bonds. The third-order valence-electron chi connectivity index (χ3n) is 4.22. The summed E-state index contributed by atoms with van der Waals surface area (Å²) in [4.78, 5) is 13.3. The Kier molecular flexibility index (Phi) is 4.23. The summed E-state index contributed by atoms with van der Waals surface area (Å²) in [6, 6.07) is 15.4. The second kappa shape index (κ2) is 6.15. The fraction of sp³-hybridized carbons (Fsp3) is 0.278. The first kappa shape index (κ1) is 15.1. The van der Waals surface area contributed by atoms with Crippen molar-refractivity contribution in [3.05, 3.63) is 65.2 Å². The van der Waals surface area contributed by atoms with Crippen LogP contribution in [-0.2, 0) is 12.0 Å². The van der Waals surface area contributed by atoms with E-state index in [0.717, 1.165) is 16.9 Å². The molecule has 3 nitrogen and oxygen atoms in total. The van der Waals surface area contributed by atoms with Gasteiger partial charge in [-0.3, -0.25) is 4.79 Å². The van der Waals surface area contributed by atoms with E-state index in [1.807, 2.05) is 54.8 Å². The minimum absolute atomic E-state index is 0.136. The molecular formula is C18H19NO2S. The van der Waals surface area contributed by atoms with E-state index in [2.05, 4.69) is 5.32 Å². The third kappa shape index (κ3) is 2.76. The van der Waals surface area contributed by atoms with Gasteiger partial charge in [0.05, 0.1) is 12.1 Å². The molecule has 2 aromatic carbocycles. The number of nitrogens with one attached hydrogen (secondary N) is 1. The van der Waals surface area contributed by atoms with Crippen molar-refractivity contribution in [1.82, 2.24) is 5.32 Å². The molecule has 0 spiro atoms. The monoisotopic (exact) mass is 313 g/mol. The highest BCUT2D eigenvalue weighted by Gasteiger charge is 2.36. The van der Waals surface area contributed by atoms with Crippen LogP contribution in [0.15, 0.2) is 53.4 Å². The van der Waals surface area contributed by atoms with Gasteiger partial charge in [0.2, 0.25) is 0 Å². The first-order valence-electron chi connectivity index (χ1n) is 7.36. The molecule has 2 aromatic rings. The maximum Gasteiger partial charge on any atom is 0.252 e. The zero-order valence-electron chi connectivity index (χ0n) is 12.5. The van der Waals surface area contributed by atoms with E-state index in [4.69, 9.17) is 0 Å². The summed E-state index contributed by atoms with van der Waals surface area (Å²) in [5, 5.41) is 13.7. The summed E-state index contributed by atoms with van der Waals surface area (Å²) >= 11 is 1.55. The number of benzene rings is 2. The van der Waals surface area contributed by atoms with E-state index in [-0.39, 0.29) is 12.5 Å². The van der Waals surface area contributed by atoms with Gasteiger partial charge in [-0.05, 0) is 42.4 Å². The van der Waals surface area contributed by atoms with Crippen LogP contribution in [0.2, 0.25) is 0 Å². The first-order valence-corrected chi connectivity index (χ1v) is 8.58. The Morgan fingerprint density at radius 2 is 1.95 bits per heavy atom. The predicted octanol–water partition coefficient (Wildman–Crippen LogP) is 2.97. The molecule has 0 fully saturated rings. The normalized spacial score (nSPS) is 19.7. The molecule has 1 aliphatic rings. The van der Waals surface area contributed by atoms with Gasteiger partial charge in [0.15, 0.2) is 0 Å². The van der Waals surface area contributed by atoms with E-state index in [1.165, 1.54) is 5.56 Å². The van der Waals surface area contributed by atoms with Crippen molar-refractivity contribution < 1.29 is 9.90 Å². The van der Waals surface area contributed by atoms with Crippen LogP contribution in [0.3, 0.4) is 0 Å². The molecule has 0 heterocycles. The van der Waals surface area contributed by atoms with Crippen LogP contribution in [0.4, 0.5) is 0 Å². The summed E-state index contributed by atoms with van der Waals surface area (Å²) in [5.41, 5.74) is 1.81. The number of aliphatic hydroxyl groups is 1. The lowest BCUT2D eigenvalue weighted by atomic mass is 9.96. The fourth-order valence-electron chi connectivity index (χ4n) is 3.01. The second-order valence-corrected chi connectivity index (χ2v) is 6.42.